The van der Waals surface area contributed by atoms with E-state index in [1.165, 1.54) is 49.8 Å². The maximum absolute atomic E-state index is 5.64. The zero-order chi connectivity index (χ0) is 13.2. The van der Waals surface area contributed by atoms with Crippen molar-refractivity contribution in [2.45, 2.75) is 64.3 Å². The molecule has 0 aliphatic rings. The lowest BCUT2D eigenvalue weighted by Crippen LogP contribution is -2.27. The van der Waals surface area contributed by atoms with E-state index in [9.17, 15) is 0 Å². The van der Waals surface area contributed by atoms with Gasteiger partial charge in [-0.3, -0.25) is 11.3 Å². The normalized spacial score (nSPS) is 12.8. The maximum atomic E-state index is 5.64. The number of rotatable bonds is 10. The summed E-state index contributed by atoms with van der Waals surface area (Å²) in [5.41, 5.74) is 2.93. The molecule has 0 amide bonds. The number of hydrazine groups is 1. The fourth-order valence-corrected chi connectivity index (χ4v) is 3.66. The minimum Gasteiger partial charge on any atom is -0.271 e. The van der Waals surface area contributed by atoms with Gasteiger partial charge in [-0.2, -0.15) is 0 Å². The molecule has 4 heteroatoms. The van der Waals surface area contributed by atoms with Gasteiger partial charge in [-0.1, -0.05) is 51.9 Å². The van der Waals surface area contributed by atoms with Gasteiger partial charge in [-0.05, 0) is 28.4 Å². The predicted molar refractivity (Wildman–Crippen MR) is 84.7 cm³/mol. The Kier molecular flexibility index (Phi) is 8.94. The molecule has 0 aliphatic carbocycles. The highest BCUT2D eigenvalue weighted by Crippen LogP contribution is 2.28. The van der Waals surface area contributed by atoms with E-state index in [0.29, 0.717) is 6.04 Å². The van der Waals surface area contributed by atoms with E-state index in [-0.39, 0.29) is 0 Å². The Morgan fingerprint density at radius 2 is 1.89 bits per heavy atom. The number of nitrogens with two attached hydrogens (primary N) is 1. The summed E-state index contributed by atoms with van der Waals surface area (Å²) in [6.07, 6.45) is 10.6. The number of thiophene rings is 1. The van der Waals surface area contributed by atoms with Crippen LogP contribution in [0.3, 0.4) is 0 Å². The summed E-state index contributed by atoms with van der Waals surface area (Å²) in [5.74, 6) is 5.64. The lowest BCUT2D eigenvalue weighted by atomic mass is 10.0. The highest BCUT2D eigenvalue weighted by atomic mass is 79.9. The molecule has 2 nitrogen and oxygen atoms in total. The molecule has 104 valence electrons. The van der Waals surface area contributed by atoms with Crippen LogP contribution in [0.2, 0.25) is 0 Å². The maximum Gasteiger partial charge on any atom is 0.0553 e. The number of halogens is 1. The van der Waals surface area contributed by atoms with Gasteiger partial charge in [-0.15, -0.1) is 11.3 Å². The van der Waals surface area contributed by atoms with Crippen LogP contribution in [0.1, 0.15) is 69.2 Å². The van der Waals surface area contributed by atoms with Crippen LogP contribution in [0.4, 0.5) is 0 Å². The van der Waals surface area contributed by atoms with Crippen molar-refractivity contribution in [3.05, 3.63) is 20.8 Å². The summed E-state index contributed by atoms with van der Waals surface area (Å²) in [6.45, 7) is 2.26. The third kappa shape index (κ3) is 6.32. The molecule has 0 aliphatic heterocycles. The van der Waals surface area contributed by atoms with Gasteiger partial charge in [0.05, 0.1) is 6.04 Å². The van der Waals surface area contributed by atoms with E-state index in [1.807, 2.05) is 0 Å². The number of hydrogen-bond acceptors (Lipinski definition) is 3. The zero-order valence-electron chi connectivity index (χ0n) is 11.3. The molecule has 3 N–H and O–H groups in total. The fraction of sp³-hybridized carbons (Fsp3) is 0.714. The third-order valence-corrected chi connectivity index (χ3v) is 5.04. The third-order valence-electron chi connectivity index (χ3n) is 3.23. The Labute approximate surface area is 123 Å². The van der Waals surface area contributed by atoms with Gasteiger partial charge >= 0.3 is 0 Å². The van der Waals surface area contributed by atoms with Crippen molar-refractivity contribution in [1.82, 2.24) is 5.43 Å². The molecule has 0 aromatic carbocycles. The second-order valence-electron chi connectivity index (χ2n) is 4.80. The van der Waals surface area contributed by atoms with Gasteiger partial charge in [0.15, 0.2) is 0 Å². The molecule has 0 spiro atoms. The fourth-order valence-electron chi connectivity index (χ4n) is 2.12. The Morgan fingerprint density at radius 3 is 2.44 bits per heavy atom. The van der Waals surface area contributed by atoms with Crippen molar-refractivity contribution in [1.29, 1.82) is 0 Å². The molecule has 1 atom stereocenters. The molecule has 0 fully saturated rings. The van der Waals surface area contributed by atoms with E-state index in [1.54, 1.807) is 11.3 Å². The molecule has 1 heterocycles. The summed E-state index contributed by atoms with van der Waals surface area (Å²) >= 11 is 5.26. The predicted octanol–water partition coefficient (Wildman–Crippen LogP) is 5.16. The van der Waals surface area contributed by atoms with E-state index >= 15 is 0 Å². The SMILES string of the molecule is CCCCCCCCCC(NN)c1cc(Br)cs1. The first-order valence-electron chi connectivity index (χ1n) is 6.98. The highest BCUT2D eigenvalue weighted by Gasteiger charge is 2.11. The van der Waals surface area contributed by atoms with Crippen LogP contribution in [-0.2, 0) is 0 Å². The topological polar surface area (TPSA) is 38.0 Å². The lowest BCUT2D eigenvalue weighted by molar-refractivity contribution is 0.481. The van der Waals surface area contributed by atoms with Crippen LogP contribution in [-0.4, -0.2) is 0 Å². The van der Waals surface area contributed by atoms with Gasteiger partial charge in [0.2, 0.25) is 0 Å². The van der Waals surface area contributed by atoms with Crippen LogP contribution < -0.4 is 11.3 Å². The van der Waals surface area contributed by atoms with Crippen molar-refractivity contribution in [2.75, 3.05) is 0 Å². The summed E-state index contributed by atoms with van der Waals surface area (Å²) in [4.78, 5) is 1.33. The molecule has 0 bridgehead atoms. The molecular formula is C14H25BrN2S. The summed E-state index contributed by atoms with van der Waals surface area (Å²) in [5, 5.41) is 2.12. The van der Waals surface area contributed by atoms with Crippen LogP contribution in [0.5, 0.6) is 0 Å². The molecule has 1 aromatic rings. The first-order chi connectivity index (χ1) is 8.77. The lowest BCUT2D eigenvalue weighted by Gasteiger charge is -2.13. The van der Waals surface area contributed by atoms with E-state index in [0.717, 1.165) is 10.9 Å². The Balaban J connectivity index is 2.13. The molecule has 1 unspecified atom stereocenters. The second kappa shape index (κ2) is 9.96. The zero-order valence-corrected chi connectivity index (χ0v) is 13.7. The van der Waals surface area contributed by atoms with Gasteiger partial charge < -0.3 is 0 Å². The van der Waals surface area contributed by atoms with E-state index in [4.69, 9.17) is 5.84 Å². The first kappa shape index (κ1) is 16.2. The van der Waals surface area contributed by atoms with Crippen LogP contribution >= 0.6 is 27.3 Å². The number of nitrogens with one attached hydrogen (secondary N) is 1. The molecule has 0 radical (unpaired) electrons. The minimum atomic E-state index is 0.317. The summed E-state index contributed by atoms with van der Waals surface area (Å²) in [7, 11) is 0. The van der Waals surface area contributed by atoms with Crippen molar-refractivity contribution < 1.29 is 0 Å². The molecule has 1 rings (SSSR count). The Hall–Kier alpha value is 0.1000. The molecule has 0 saturated heterocycles. The number of unbranched alkanes of at least 4 members (excludes halogenated alkanes) is 6. The van der Waals surface area contributed by atoms with E-state index < -0.39 is 0 Å². The quantitative estimate of drug-likeness (QED) is 0.353. The number of hydrogen-bond donors (Lipinski definition) is 2. The van der Waals surface area contributed by atoms with Crippen molar-refractivity contribution >= 4 is 27.3 Å². The van der Waals surface area contributed by atoms with Gasteiger partial charge in [-0.25, -0.2) is 0 Å². The molecule has 0 saturated carbocycles. The Bertz CT molecular complexity index is 314. The van der Waals surface area contributed by atoms with Crippen molar-refractivity contribution in [3.8, 4) is 0 Å². The van der Waals surface area contributed by atoms with Crippen LogP contribution in [0.25, 0.3) is 0 Å². The molecular weight excluding hydrogens is 308 g/mol. The summed E-state index contributed by atoms with van der Waals surface area (Å²) < 4.78 is 1.15. The van der Waals surface area contributed by atoms with Crippen LogP contribution in [0, 0.1) is 0 Å². The van der Waals surface area contributed by atoms with E-state index in [2.05, 4.69) is 39.7 Å². The molecule has 18 heavy (non-hydrogen) atoms. The summed E-state index contributed by atoms with van der Waals surface area (Å²) in [6, 6.07) is 2.48. The van der Waals surface area contributed by atoms with Crippen molar-refractivity contribution in [2.24, 2.45) is 5.84 Å². The highest BCUT2D eigenvalue weighted by molar-refractivity contribution is 9.10. The van der Waals surface area contributed by atoms with Gasteiger partial charge in [0, 0.05) is 14.7 Å². The molecule has 1 aromatic heterocycles. The monoisotopic (exact) mass is 332 g/mol. The van der Waals surface area contributed by atoms with Crippen LogP contribution in [0.15, 0.2) is 15.9 Å². The smallest absolute Gasteiger partial charge is 0.0553 e. The second-order valence-corrected chi connectivity index (χ2v) is 6.66. The first-order valence-corrected chi connectivity index (χ1v) is 8.65. The van der Waals surface area contributed by atoms with Gasteiger partial charge in [0.25, 0.3) is 0 Å². The van der Waals surface area contributed by atoms with Gasteiger partial charge in [0.1, 0.15) is 0 Å². The Morgan fingerprint density at radius 1 is 1.22 bits per heavy atom. The average molecular weight is 333 g/mol. The minimum absolute atomic E-state index is 0.317. The van der Waals surface area contributed by atoms with Crippen molar-refractivity contribution in [3.63, 3.8) is 0 Å². The standard InChI is InChI=1S/C14H25BrN2S/c1-2-3-4-5-6-7-8-9-13(17-16)14-10-12(15)11-18-14/h10-11,13,17H,2-9,16H2,1H3. The average Bonchev–Trinajstić information content (AvgIpc) is 2.79. The largest absolute Gasteiger partial charge is 0.271 e.